The van der Waals surface area contributed by atoms with Crippen LogP contribution >= 0.6 is 0 Å². The molecule has 2 aromatic rings. The summed E-state index contributed by atoms with van der Waals surface area (Å²) in [6.45, 7) is 0. The topological polar surface area (TPSA) is 47.3 Å². The van der Waals surface area contributed by atoms with Crippen LogP contribution in [0.3, 0.4) is 0 Å². The van der Waals surface area contributed by atoms with Crippen LogP contribution in [0.1, 0.15) is 41.7 Å². The Hall–Kier alpha value is -2.63. The molecule has 4 rings (SSSR count). The molecule has 3 nitrogen and oxygen atoms in total. The molecule has 26 heavy (non-hydrogen) atoms. The van der Waals surface area contributed by atoms with Gasteiger partial charge in [-0.05, 0) is 30.2 Å². The van der Waals surface area contributed by atoms with Crippen LogP contribution in [0, 0.1) is 5.92 Å². The summed E-state index contributed by atoms with van der Waals surface area (Å²) in [5.41, 5.74) is 7.25. The lowest BCUT2D eigenvalue weighted by Gasteiger charge is -2.44. The van der Waals surface area contributed by atoms with E-state index < -0.39 is 17.8 Å². The second-order valence-electron chi connectivity index (χ2n) is 6.71. The van der Waals surface area contributed by atoms with Crippen molar-refractivity contribution in [2.45, 2.75) is 31.2 Å². The number of fused-ring (bicyclic) bond motifs is 3. The van der Waals surface area contributed by atoms with Crippen molar-refractivity contribution in [3.05, 3.63) is 77.2 Å². The summed E-state index contributed by atoms with van der Waals surface area (Å²) >= 11 is 0. The fourth-order valence-corrected chi connectivity index (χ4v) is 3.90. The highest BCUT2D eigenvalue weighted by atomic mass is 19.4. The molecular formula is C20H19F3N2O. The van der Waals surface area contributed by atoms with Crippen molar-refractivity contribution in [1.29, 1.82) is 0 Å². The average Bonchev–Trinajstić information content (AvgIpc) is 2.66. The summed E-state index contributed by atoms with van der Waals surface area (Å²) in [7, 11) is 0. The summed E-state index contributed by atoms with van der Waals surface area (Å²) in [4.78, 5) is 0. The molecule has 0 aromatic heterocycles. The number of ether oxygens (including phenoxy) is 1. The number of hydrogen-bond donors (Lipinski definition) is 2. The second-order valence-corrected chi connectivity index (χ2v) is 6.71. The molecule has 1 saturated heterocycles. The number of rotatable bonds is 1. The van der Waals surface area contributed by atoms with Crippen molar-refractivity contribution < 1.29 is 17.9 Å². The van der Waals surface area contributed by atoms with Crippen LogP contribution in [0.2, 0.25) is 0 Å². The van der Waals surface area contributed by atoms with Crippen molar-refractivity contribution in [3.63, 3.8) is 0 Å². The van der Waals surface area contributed by atoms with E-state index in [1.54, 1.807) is 0 Å². The Morgan fingerprint density at radius 2 is 1.88 bits per heavy atom. The van der Waals surface area contributed by atoms with Crippen molar-refractivity contribution >= 4 is 5.69 Å². The molecule has 0 unspecified atom stereocenters. The van der Waals surface area contributed by atoms with Crippen LogP contribution in [0.15, 0.2) is 60.5 Å². The first kappa shape index (κ1) is 16.8. The lowest BCUT2D eigenvalue weighted by molar-refractivity contribution is -0.137. The fraction of sp³-hybridized carbons (Fsp3) is 0.300. The second kappa shape index (κ2) is 6.27. The van der Waals surface area contributed by atoms with E-state index in [9.17, 15) is 13.2 Å². The zero-order chi connectivity index (χ0) is 18.3. The molecule has 2 aliphatic rings. The van der Waals surface area contributed by atoms with E-state index in [2.05, 4.69) is 5.32 Å². The van der Waals surface area contributed by atoms with Gasteiger partial charge in [-0.3, -0.25) is 0 Å². The maximum atomic E-state index is 13.2. The summed E-state index contributed by atoms with van der Waals surface area (Å²) < 4.78 is 45.5. The van der Waals surface area contributed by atoms with E-state index in [4.69, 9.17) is 10.5 Å². The van der Waals surface area contributed by atoms with Gasteiger partial charge in [0.2, 0.25) is 0 Å². The lowest BCUT2D eigenvalue weighted by Crippen LogP contribution is -2.35. The van der Waals surface area contributed by atoms with Crippen LogP contribution < -0.4 is 11.1 Å². The normalized spacial score (nSPS) is 26.4. The van der Waals surface area contributed by atoms with E-state index in [-0.39, 0.29) is 12.0 Å². The van der Waals surface area contributed by atoms with E-state index in [0.717, 1.165) is 18.1 Å². The molecule has 0 aliphatic carbocycles. The van der Waals surface area contributed by atoms with E-state index in [1.165, 1.54) is 18.3 Å². The molecule has 2 heterocycles. The van der Waals surface area contributed by atoms with Crippen molar-refractivity contribution in [2.24, 2.45) is 11.7 Å². The molecular weight excluding hydrogens is 341 g/mol. The third kappa shape index (κ3) is 2.89. The van der Waals surface area contributed by atoms with Gasteiger partial charge < -0.3 is 15.8 Å². The summed E-state index contributed by atoms with van der Waals surface area (Å²) in [6, 6.07) is 13.7. The molecule has 0 bridgehead atoms. The standard InChI is InChI=1S/C20H19F3N2O/c21-20(22,23)13-6-9-17-16(10-13)19-15(8-7-14(11-24)26-19)18(25-17)12-4-2-1-3-5-12/h1-6,9-11,15,18-19,25H,7-8,24H2/b14-11+/t15-,18-,19-/m0/s1. The van der Waals surface area contributed by atoms with Crippen molar-refractivity contribution in [1.82, 2.24) is 0 Å². The van der Waals surface area contributed by atoms with E-state index in [0.29, 0.717) is 23.4 Å². The largest absolute Gasteiger partial charge is 0.488 e. The minimum atomic E-state index is -4.39. The number of nitrogens with one attached hydrogen (secondary N) is 1. The quantitative estimate of drug-likeness (QED) is 0.740. The van der Waals surface area contributed by atoms with Gasteiger partial charge in [-0.2, -0.15) is 13.2 Å². The van der Waals surface area contributed by atoms with Gasteiger partial charge in [-0.25, -0.2) is 0 Å². The van der Waals surface area contributed by atoms with E-state index >= 15 is 0 Å². The Morgan fingerprint density at radius 1 is 1.12 bits per heavy atom. The van der Waals surface area contributed by atoms with Gasteiger partial charge in [-0.1, -0.05) is 30.3 Å². The number of alkyl halides is 3. The predicted octanol–water partition coefficient (Wildman–Crippen LogP) is 5.14. The third-order valence-corrected chi connectivity index (χ3v) is 5.16. The first-order valence-electron chi connectivity index (χ1n) is 8.57. The smallest absolute Gasteiger partial charge is 0.416 e. The van der Waals surface area contributed by atoms with Gasteiger partial charge in [-0.15, -0.1) is 0 Å². The van der Waals surface area contributed by atoms with Crippen LogP contribution in [-0.2, 0) is 10.9 Å². The number of anilines is 1. The molecule has 0 radical (unpaired) electrons. The minimum Gasteiger partial charge on any atom is -0.488 e. The zero-order valence-corrected chi connectivity index (χ0v) is 14.0. The molecule has 1 fully saturated rings. The molecule has 3 atom stereocenters. The van der Waals surface area contributed by atoms with Crippen LogP contribution in [-0.4, -0.2) is 0 Å². The minimum absolute atomic E-state index is 0.0234. The van der Waals surface area contributed by atoms with Crippen molar-refractivity contribution in [2.75, 3.05) is 5.32 Å². The van der Waals surface area contributed by atoms with Crippen LogP contribution in [0.25, 0.3) is 0 Å². The highest BCUT2D eigenvalue weighted by molar-refractivity contribution is 5.59. The van der Waals surface area contributed by atoms with Crippen molar-refractivity contribution in [3.8, 4) is 0 Å². The number of benzene rings is 2. The maximum absolute atomic E-state index is 13.2. The number of halogens is 3. The van der Waals surface area contributed by atoms with Gasteiger partial charge in [0, 0.05) is 29.8 Å². The Labute approximate surface area is 149 Å². The zero-order valence-electron chi connectivity index (χ0n) is 14.0. The van der Waals surface area contributed by atoms with Gasteiger partial charge >= 0.3 is 6.18 Å². The average molecular weight is 360 g/mol. The highest BCUT2D eigenvalue weighted by Gasteiger charge is 2.43. The summed E-state index contributed by atoms with van der Waals surface area (Å²) in [5, 5.41) is 3.43. The molecule has 0 saturated carbocycles. The Morgan fingerprint density at radius 3 is 2.58 bits per heavy atom. The molecule has 6 heteroatoms. The lowest BCUT2D eigenvalue weighted by atomic mass is 9.77. The molecule has 0 spiro atoms. The van der Waals surface area contributed by atoms with Gasteiger partial charge in [0.15, 0.2) is 0 Å². The number of hydrogen-bond acceptors (Lipinski definition) is 3. The SMILES string of the molecule is N/C=C1\CC[C@@H]2[C@H](O1)c1cc(C(F)(F)F)ccc1N[C@H]2c1ccccc1. The Bertz CT molecular complexity index is 833. The third-order valence-electron chi connectivity index (χ3n) is 5.16. The highest BCUT2D eigenvalue weighted by Crippen LogP contribution is 2.51. The summed E-state index contributed by atoms with van der Waals surface area (Å²) in [5.74, 6) is 0.653. The number of allylic oxidation sites excluding steroid dienone is 1. The molecule has 2 aromatic carbocycles. The van der Waals surface area contributed by atoms with Crippen LogP contribution in [0.5, 0.6) is 0 Å². The summed E-state index contributed by atoms with van der Waals surface area (Å²) in [6.07, 6.45) is -1.97. The van der Waals surface area contributed by atoms with E-state index in [1.807, 2.05) is 30.3 Å². The predicted molar refractivity (Wildman–Crippen MR) is 93.1 cm³/mol. The molecule has 2 aliphatic heterocycles. The molecule has 3 N–H and O–H groups in total. The Balaban J connectivity index is 1.80. The number of nitrogens with two attached hydrogens (primary N) is 1. The Kier molecular flexibility index (Phi) is 4.05. The van der Waals surface area contributed by atoms with Gasteiger partial charge in [0.1, 0.15) is 11.9 Å². The van der Waals surface area contributed by atoms with Gasteiger partial charge in [0.25, 0.3) is 0 Å². The maximum Gasteiger partial charge on any atom is 0.416 e. The first-order valence-corrected chi connectivity index (χ1v) is 8.57. The monoisotopic (exact) mass is 360 g/mol. The molecule has 0 amide bonds. The van der Waals surface area contributed by atoms with Gasteiger partial charge in [0.05, 0.1) is 11.6 Å². The van der Waals surface area contributed by atoms with Crippen LogP contribution in [0.4, 0.5) is 18.9 Å². The molecule has 136 valence electrons. The fourth-order valence-electron chi connectivity index (χ4n) is 3.90. The first-order chi connectivity index (χ1) is 12.5.